The van der Waals surface area contributed by atoms with Crippen molar-refractivity contribution in [1.82, 2.24) is 0 Å². The van der Waals surface area contributed by atoms with E-state index in [-0.39, 0.29) is 36.2 Å². The molecule has 0 saturated carbocycles. The average Bonchev–Trinajstić information content (AvgIpc) is 3.12. The Hall–Kier alpha value is -2.45. The van der Waals surface area contributed by atoms with Gasteiger partial charge in [0.2, 0.25) is 0 Å². The number of hydrogen-bond donors (Lipinski definition) is 1. The third-order valence-corrected chi connectivity index (χ3v) is 9.76. The summed E-state index contributed by atoms with van der Waals surface area (Å²) in [6.45, 7) is 4.68. The molecule has 0 bridgehead atoms. The van der Waals surface area contributed by atoms with Gasteiger partial charge in [-0.05, 0) is 70.6 Å². The zero-order chi connectivity index (χ0) is 40.0. The van der Waals surface area contributed by atoms with Crippen molar-refractivity contribution in [1.29, 1.82) is 0 Å². The lowest BCUT2D eigenvalue weighted by molar-refractivity contribution is -0.887. The lowest BCUT2D eigenvalue weighted by Gasteiger charge is -2.31. The van der Waals surface area contributed by atoms with Crippen LogP contribution >= 0.6 is 0 Å². The van der Waals surface area contributed by atoms with E-state index in [1.807, 2.05) is 21.1 Å². The monoisotopic (exact) mass is 763 g/mol. The molecule has 0 saturated heterocycles. The number of carboxylic acids is 1. The Kier molecular flexibility index (Phi) is 35.8. The Morgan fingerprint density at radius 3 is 1.50 bits per heavy atom. The fourth-order valence-electron chi connectivity index (χ4n) is 6.29. The van der Waals surface area contributed by atoms with Gasteiger partial charge in [-0.25, -0.2) is 4.79 Å². The number of rotatable bonds is 39. The van der Waals surface area contributed by atoms with Crippen molar-refractivity contribution in [3.05, 3.63) is 36.5 Å². The number of likely N-dealkylation sites (N-methyl/N-ethyl adjacent to an activating group) is 1. The average molecular weight is 763 g/mol. The molecule has 8 nitrogen and oxygen atoms in total. The second-order valence-corrected chi connectivity index (χ2v) is 15.9. The van der Waals surface area contributed by atoms with Gasteiger partial charge < -0.3 is 23.8 Å². The first kappa shape index (κ1) is 51.5. The molecule has 0 amide bonds. The number of quaternary nitrogens is 1. The summed E-state index contributed by atoms with van der Waals surface area (Å²) >= 11 is 0. The molecule has 0 aromatic heterocycles. The summed E-state index contributed by atoms with van der Waals surface area (Å²) in [7, 11) is 5.52. The Labute approximate surface area is 332 Å². The van der Waals surface area contributed by atoms with Crippen LogP contribution in [-0.4, -0.2) is 80.6 Å². The van der Waals surface area contributed by atoms with Crippen molar-refractivity contribution < 1.29 is 38.2 Å². The van der Waals surface area contributed by atoms with Gasteiger partial charge >= 0.3 is 17.9 Å². The molecule has 0 aromatic carbocycles. The SMILES string of the molecule is CCCCC/C=C/C/C=C/CCCCCCCCCC(=O)OCC(COCCC(C(=O)O)[N+](C)(C)C)OC(=O)CCCCC/C=C/CCCCCCCC. The topological polar surface area (TPSA) is 99.1 Å². The first-order valence-electron chi connectivity index (χ1n) is 22.0. The molecule has 1 N–H and O–H groups in total. The second kappa shape index (κ2) is 37.5. The van der Waals surface area contributed by atoms with Crippen LogP contribution in [-0.2, 0) is 28.6 Å². The van der Waals surface area contributed by atoms with Crippen LogP contribution in [0.4, 0.5) is 0 Å². The highest BCUT2D eigenvalue weighted by Gasteiger charge is 2.31. The van der Waals surface area contributed by atoms with Gasteiger partial charge in [-0.3, -0.25) is 9.59 Å². The molecule has 2 atom stereocenters. The van der Waals surface area contributed by atoms with Crippen molar-refractivity contribution in [2.24, 2.45) is 0 Å². The molecule has 0 aliphatic rings. The third-order valence-electron chi connectivity index (χ3n) is 9.76. The van der Waals surface area contributed by atoms with Gasteiger partial charge in [-0.15, -0.1) is 0 Å². The Morgan fingerprint density at radius 2 is 0.981 bits per heavy atom. The lowest BCUT2D eigenvalue weighted by Crippen LogP contribution is -2.50. The molecule has 8 heteroatoms. The smallest absolute Gasteiger partial charge is 0.362 e. The molecule has 0 radical (unpaired) electrons. The van der Waals surface area contributed by atoms with E-state index in [4.69, 9.17) is 14.2 Å². The van der Waals surface area contributed by atoms with Gasteiger partial charge in [0.15, 0.2) is 12.1 Å². The molecule has 0 aromatic rings. The number of aliphatic carboxylic acids is 1. The third kappa shape index (κ3) is 35.3. The van der Waals surface area contributed by atoms with E-state index < -0.39 is 18.1 Å². The van der Waals surface area contributed by atoms with E-state index in [1.165, 1.54) is 89.9 Å². The molecule has 54 heavy (non-hydrogen) atoms. The number of carboxylic acid groups (broad SMARTS) is 1. The molecule has 0 spiro atoms. The van der Waals surface area contributed by atoms with Crippen molar-refractivity contribution in [3.63, 3.8) is 0 Å². The fraction of sp³-hybridized carbons (Fsp3) is 0.804. The molecule has 0 fully saturated rings. The first-order valence-corrected chi connectivity index (χ1v) is 22.0. The van der Waals surface area contributed by atoms with Gasteiger partial charge in [-0.2, -0.15) is 0 Å². The Morgan fingerprint density at radius 1 is 0.556 bits per heavy atom. The Balaban J connectivity index is 4.36. The molecule has 314 valence electrons. The quantitative estimate of drug-likeness (QED) is 0.0288. The minimum absolute atomic E-state index is 0.0534. The number of esters is 2. The maximum atomic E-state index is 12.7. The predicted molar refractivity (Wildman–Crippen MR) is 225 cm³/mol. The number of unbranched alkanes of at least 4 members (excludes halogenated alkanes) is 19. The van der Waals surface area contributed by atoms with Crippen LogP contribution in [0.25, 0.3) is 0 Å². The van der Waals surface area contributed by atoms with Crippen LogP contribution in [0.5, 0.6) is 0 Å². The van der Waals surface area contributed by atoms with E-state index in [0.717, 1.165) is 64.2 Å². The van der Waals surface area contributed by atoms with Gasteiger partial charge in [0.05, 0.1) is 34.4 Å². The Bertz CT molecular complexity index is 984. The molecular formula is C46H84NO7+. The normalized spacial score (nSPS) is 13.3. The van der Waals surface area contributed by atoms with Gasteiger partial charge in [0.1, 0.15) is 6.61 Å². The zero-order valence-electron chi connectivity index (χ0n) is 35.7. The fourth-order valence-corrected chi connectivity index (χ4v) is 6.29. The summed E-state index contributed by atoms with van der Waals surface area (Å²) in [5.74, 6) is -1.50. The second-order valence-electron chi connectivity index (χ2n) is 15.9. The summed E-state index contributed by atoms with van der Waals surface area (Å²) in [4.78, 5) is 36.9. The minimum Gasteiger partial charge on any atom is -0.477 e. The van der Waals surface area contributed by atoms with Crippen LogP contribution in [0.3, 0.4) is 0 Å². The standard InChI is InChI=1S/C46H83NO7/c1-6-8-10-12-14-16-18-20-21-22-23-25-26-28-30-32-34-36-44(48)53-41-42(40-52-39-38-43(46(50)51)47(3,4)5)54-45(49)37-35-33-31-29-27-24-19-17-15-13-11-9-7-2/h14,16,20-21,24,27,42-43H,6-13,15,17-19,22-23,25-26,28-41H2,1-5H3/p+1/b16-14+,21-20+,27-24+. The number of hydrogen-bond acceptors (Lipinski definition) is 6. The number of ether oxygens (including phenoxy) is 3. The summed E-state index contributed by atoms with van der Waals surface area (Å²) < 4.78 is 17.2. The molecule has 0 heterocycles. The van der Waals surface area contributed by atoms with Crippen LogP contribution in [0.15, 0.2) is 36.5 Å². The van der Waals surface area contributed by atoms with Crippen LogP contribution in [0.1, 0.15) is 187 Å². The van der Waals surface area contributed by atoms with Crippen LogP contribution in [0.2, 0.25) is 0 Å². The number of carbonyl (C=O) groups is 3. The van der Waals surface area contributed by atoms with Gasteiger partial charge in [0, 0.05) is 19.3 Å². The van der Waals surface area contributed by atoms with Crippen LogP contribution in [0, 0.1) is 0 Å². The van der Waals surface area contributed by atoms with E-state index in [9.17, 15) is 19.5 Å². The minimum atomic E-state index is -0.879. The molecule has 0 rings (SSSR count). The van der Waals surface area contributed by atoms with Gasteiger partial charge in [-0.1, -0.05) is 134 Å². The highest BCUT2D eigenvalue weighted by atomic mass is 16.6. The summed E-state index contributed by atoms with van der Waals surface area (Å²) in [6, 6.07) is -0.617. The zero-order valence-corrected chi connectivity index (χ0v) is 35.7. The van der Waals surface area contributed by atoms with Crippen molar-refractivity contribution in [2.75, 3.05) is 41.0 Å². The summed E-state index contributed by atoms with van der Waals surface area (Å²) in [5, 5.41) is 9.61. The highest BCUT2D eigenvalue weighted by molar-refractivity contribution is 5.72. The van der Waals surface area contributed by atoms with Crippen molar-refractivity contribution in [2.45, 2.75) is 199 Å². The van der Waals surface area contributed by atoms with Crippen molar-refractivity contribution in [3.8, 4) is 0 Å². The summed E-state index contributed by atoms with van der Waals surface area (Å²) in [5.41, 5.74) is 0. The van der Waals surface area contributed by atoms with E-state index in [2.05, 4.69) is 50.3 Å². The maximum absolute atomic E-state index is 12.7. The number of allylic oxidation sites excluding steroid dienone is 6. The first-order chi connectivity index (χ1) is 26.1. The van der Waals surface area contributed by atoms with E-state index >= 15 is 0 Å². The summed E-state index contributed by atoms with van der Waals surface area (Å²) in [6.07, 6.45) is 41.8. The molecular weight excluding hydrogens is 679 g/mol. The molecule has 0 aliphatic carbocycles. The number of carbonyl (C=O) groups excluding carboxylic acids is 2. The predicted octanol–water partition coefficient (Wildman–Crippen LogP) is 11.9. The molecule has 2 unspecified atom stereocenters. The van der Waals surface area contributed by atoms with Crippen LogP contribution < -0.4 is 0 Å². The highest BCUT2D eigenvalue weighted by Crippen LogP contribution is 2.13. The van der Waals surface area contributed by atoms with E-state index in [0.29, 0.717) is 19.3 Å². The lowest BCUT2D eigenvalue weighted by atomic mass is 10.1. The molecule has 0 aliphatic heterocycles. The van der Waals surface area contributed by atoms with E-state index in [1.54, 1.807) is 0 Å². The van der Waals surface area contributed by atoms with Crippen molar-refractivity contribution >= 4 is 17.9 Å². The number of nitrogens with zero attached hydrogens (tertiary/aromatic N) is 1. The van der Waals surface area contributed by atoms with Gasteiger partial charge in [0.25, 0.3) is 0 Å². The largest absolute Gasteiger partial charge is 0.477 e. The maximum Gasteiger partial charge on any atom is 0.362 e.